The van der Waals surface area contributed by atoms with E-state index < -0.39 is 10.0 Å². The van der Waals surface area contributed by atoms with Crippen molar-refractivity contribution in [1.29, 1.82) is 0 Å². The molecule has 1 amide bonds. The van der Waals surface area contributed by atoms with Crippen LogP contribution in [0.2, 0.25) is 0 Å². The highest BCUT2D eigenvalue weighted by molar-refractivity contribution is 7.89. The third kappa shape index (κ3) is 5.16. The maximum Gasteiger partial charge on any atom is 0.282 e. The van der Waals surface area contributed by atoms with Crippen molar-refractivity contribution in [1.82, 2.24) is 4.31 Å². The normalized spacial score (nSPS) is 16.8. The minimum Gasteiger partial charge on any atom is -0.332 e. The molecule has 1 aromatic heterocycles. The number of sulfonamides is 1. The molecule has 3 rings (SSSR count). The Labute approximate surface area is 164 Å². The van der Waals surface area contributed by atoms with Gasteiger partial charge in [0.25, 0.3) is 5.91 Å². The van der Waals surface area contributed by atoms with Crippen LogP contribution in [0.4, 0.5) is 5.69 Å². The second-order valence-corrected chi connectivity index (χ2v) is 9.76. The smallest absolute Gasteiger partial charge is 0.282 e. The van der Waals surface area contributed by atoms with Gasteiger partial charge in [0, 0.05) is 18.8 Å². The predicted octanol–water partition coefficient (Wildman–Crippen LogP) is 2.01. The Bertz CT molecular complexity index is 843. The average molecular weight is 409 g/mol. The molecule has 0 unspecified atom stereocenters. The molecule has 0 aliphatic carbocycles. The van der Waals surface area contributed by atoms with E-state index in [0.717, 1.165) is 25.8 Å². The van der Waals surface area contributed by atoms with E-state index in [4.69, 9.17) is 0 Å². The van der Waals surface area contributed by atoms with E-state index in [-0.39, 0.29) is 16.8 Å². The average Bonchev–Trinajstić information content (AvgIpc) is 3.21. The van der Waals surface area contributed by atoms with Crippen molar-refractivity contribution in [3.8, 4) is 0 Å². The second kappa shape index (κ2) is 8.97. The fourth-order valence-corrected chi connectivity index (χ4v) is 5.25. The van der Waals surface area contributed by atoms with Gasteiger partial charge in [0.15, 0.2) is 6.04 Å². The zero-order valence-corrected chi connectivity index (χ0v) is 17.1. The summed E-state index contributed by atoms with van der Waals surface area (Å²) < 4.78 is 26.9. The van der Waals surface area contributed by atoms with Crippen molar-refractivity contribution >= 4 is 33.0 Å². The highest BCUT2D eigenvalue weighted by atomic mass is 32.2. The van der Waals surface area contributed by atoms with Crippen LogP contribution in [0.25, 0.3) is 0 Å². The van der Waals surface area contributed by atoms with Crippen LogP contribution in [0, 0.1) is 0 Å². The van der Waals surface area contributed by atoms with Gasteiger partial charge in [-0.25, -0.2) is 8.42 Å². The molecule has 1 aliphatic heterocycles. The first-order valence-electron chi connectivity index (χ1n) is 9.23. The van der Waals surface area contributed by atoms with Gasteiger partial charge in [-0.1, -0.05) is 12.5 Å². The van der Waals surface area contributed by atoms with E-state index in [2.05, 4.69) is 5.32 Å². The van der Waals surface area contributed by atoms with Crippen LogP contribution >= 0.6 is 11.3 Å². The van der Waals surface area contributed by atoms with Crippen LogP contribution in [-0.4, -0.2) is 37.8 Å². The molecule has 0 radical (unpaired) electrons. The highest BCUT2D eigenvalue weighted by Gasteiger charge is 2.26. The number of amides is 1. The lowest BCUT2D eigenvalue weighted by Gasteiger charge is -2.25. The highest BCUT2D eigenvalue weighted by Crippen LogP contribution is 2.22. The van der Waals surface area contributed by atoms with E-state index in [1.165, 1.54) is 4.88 Å². The van der Waals surface area contributed by atoms with Gasteiger partial charge in [0.05, 0.1) is 9.77 Å². The number of hydrogen-bond donors (Lipinski definition) is 2. The molecule has 8 heteroatoms. The number of thiophene rings is 1. The number of rotatable bonds is 7. The van der Waals surface area contributed by atoms with Crippen LogP contribution in [-0.2, 0) is 21.4 Å². The Balaban J connectivity index is 1.57. The van der Waals surface area contributed by atoms with Crippen LogP contribution < -0.4 is 10.6 Å². The lowest BCUT2D eigenvalue weighted by Crippen LogP contribution is -2.90. The van der Waals surface area contributed by atoms with Crippen LogP contribution in [0.3, 0.4) is 0 Å². The fourth-order valence-electron chi connectivity index (χ4n) is 3.05. The van der Waals surface area contributed by atoms with E-state index in [9.17, 15) is 13.2 Å². The Morgan fingerprint density at radius 1 is 1.19 bits per heavy atom. The molecule has 1 fully saturated rings. The first-order valence-corrected chi connectivity index (χ1v) is 11.6. The van der Waals surface area contributed by atoms with Gasteiger partial charge in [-0.3, -0.25) is 4.79 Å². The molecule has 6 nitrogen and oxygen atoms in total. The summed E-state index contributed by atoms with van der Waals surface area (Å²) in [6.45, 7) is 3.79. The summed E-state index contributed by atoms with van der Waals surface area (Å²) in [7, 11) is -3.44. The first kappa shape index (κ1) is 20.0. The quantitative estimate of drug-likeness (QED) is 0.735. The number of quaternary nitrogens is 1. The van der Waals surface area contributed by atoms with Crippen molar-refractivity contribution in [2.45, 2.75) is 43.7 Å². The van der Waals surface area contributed by atoms with Crippen molar-refractivity contribution in [2.24, 2.45) is 0 Å². The van der Waals surface area contributed by atoms with E-state index in [1.807, 2.05) is 29.8 Å². The van der Waals surface area contributed by atoms with Gasteiger partial charge >= 0.3 is 0 Å². The summed E-state index contributed by atoms with van der Waals surface area (Å²) in [5.74, 6) is -0.0989. The fraction of sp³-hybridized carbons (Fsp3) is 0.421. The third-order valence-electron chi connectivity index (χ3n) is 4.74. The van der Waals surface area contributed by atoms with Crippen molar-refractivity contribution < 1.29 is 18.5 Å². The summed E-state index contributed by atoms with van der Waals surface area (Å²) >= 11 is 1.67. The van der Waals surface area contributed by atoms with Crippen LogP contribution in [0.5, 0.6) is 0 Å². The molecule has 0 spiro atoms. The molecule has 27 heavy (non-hydrogen) atoms. The molecule has 2 heterocycles. The number of nitrogens with two attached hydrogens (primary N) is 1. The lowest BCUT2D eigenvalue weighted by molar-refractivity contribution is -0.688. The summed E-state index contributed by atoms with van der Waals surface area (Å²) in [5.41, 5.74) is 0.606. The van der Waals surface area contributed by atoms with E-state index >= 15 is 0 Å². The Hall–Kier alpha value is -1.74. The molecule has 1 aromatic carbocycles. The van der Waals surface area contributed by atoms with E-state index in [0.29, 0.717) is 18.8 Å². The molecule has 0 saturated carbocycles. The molecule has 3 N–H and O–H groups in total. The summed E-state index contributed by atoms with van der Waals surface area (Å²) in [6, 6.07) is 10.3. The maximum atomic E-state index is 12.7. The zero-order chi connectivity index (χ0) is 19.3. The van der Waals surface area contributed by atoms with E-state index in [1.54, 1.807) is 39.9 Å². The number of nitrogens with zero attached hydrogens (tertiary/aromatic N) is 1. The SMILES string of the molecule is C[C@H]([NH2+]Cc1cccs1)C(=O)Nc1ccc(S(=O)(=O)N2CCCCC2)cc1. The maximum absolute atomic E-state index is 12.7. The van der Waals surface area contributed by atoms with Crippen molar-refractivity contribution in [2.75, 3.05) is 18.4 Å². The molecular weight excluding hydrogens is 382 g/mol. The topological polar surface area (TPSA) is 83.1 Å². The van der Waals surface area contributed by atoms with Gasteiger partial charge in [0.1, 0.15) is 6.54 Å². The largest absolute Gasteiger partial charge is 0.332 e. The number of benzene rings is 1. The predicted molar refractivity (Wildman–Crippen MR) is 107 cm³/mol. The number of anilines is 1. The summed E-state index contributed by atoms with van der Waals surface area (Å²) in [6.07, 6.45) is 2.90. The molecule has 1 saturated heterocycles. The number of carbonyl (C=O) groups excluding carboxylic acids is 1. The minimum atomic E-state index is -3.44. The van der Waals surface area contributed by atoms with Crippen molar-refractivity contribution in [3.63, 3.8) is 0 Å². The van der Waals surface area contributed by atoms with Gasteiger partial charge in [-0.2, -0.15) is 4.31 Å². The number of nitrogens with one attached hydrogen (secondary N) is 1. The molecule has 1 aliphatic rings. The Kier molecular flexibility index (Phi) is 6.64. The van der Waals surface area contributed by atoms with Crippen molar-refractivity contribution in [3.05, 3.63) is 46.7 Å². The van der Waals surface area contributed by atoms with Gasteiger partial charge in [-0.15, -0.1) is 11.3 Å². The third-order valence-corrected chi connectivity index (χ3v) is 7.55. The van der Waals surface area contributed by atoms with Gasteiger partial charge < -0.3 is 10.6 Å². The summed E-state index contributed by atoms with van der Waals surface area (Å²) in [5, 5.41) is 6.86. The number of piperidine rings is 1. The number of hydrogen-bond acceptors (Lipinski definition) is 4. The number of carbonyl (C=O) groups is 1. The van der Waals surface area contributed by atoms with Crippen LogP contribution in [0.15, 0.2) is 46.7 Å². The molecule has 146 valence electrons. The first-order chi connectivity index (χ1) is 13.0. The lowest BCUT2D eigenvalue weighted by atomic mass is 10.2. The molecule has 2 aromatic rings. The standard InChI is InChI=1S/C19H25N3O3S2/c1-15(20-14-17-6-5-13-26-17)19(23)21-16-7-9-18(10-8-16)27(24,25)22-11-3-2-4-12-22/h5-10,13,15,20H,2-4,11-12,14H2,1H3,(H,21,23)/p+1/t15-/m0/s1. The van der Waals surface area contributed by atoms with Gasteiger partial charge in [-0.05, 0) is 55.5 Å². The summed E-state index contributed by atoms with van der Waals surface area (Å²) in [4.78, 5) is 13.8. The second-order valence-electron chi connectivity index (χ2n) is 6.79. The molecule has 1 atom stereocenters. The zero-order valence-electron chi connectivity index (χ0n) is 15.4. The van der Waals surface area contributed by atoms with Crippen LogP contribution in [0.1, 0.15) is 31.1 Å². The molecular formula is C19H26N3O3S2+. The Morgan fingerprint density at radius 2 is 1.89 bits per heavy atom. The van der Waals surface area contributed by atoms with Gasteiger partial charge in [0.2, 0.25) is 10.0 Å². The minimum absolute atomic E-state index is 0.0989. The monoisotopic (exact) mass is 408 g/mol. The Morgan fingerprint density at radius 3 is 2.52 bits per heavy atom. The molecule has 0 bridgehead atoms.